The second kappa shape index (κ2) is 7.97. The van der Waals surface area contributed by atoms with E-state index in [4.69, 9.17) is 9.47 Å². The highest BCUT2D eigenvalue weighted by atomic mass is 32.2. The molecule has 0 unspecified atom stereocenters. The van der Waals surface area contributed by atoms with Gasteiger partial charge in [0.15, 0.2) is 0 Å². The molecule has 1 aliphatic heterocycles. The molecule has 0 amide bonds. The Balaban J connectivity index is 1.91. The van der Waals surface area contributed by atoms with Gasteiger partial charge in [-0.2, -0.15) is 0 Å². The minimum atomic E-state index is 0.160. The predicted molar refractivity (Wildman–Crippen MR) is 129 cm³/mol. The van der Waals surface area contributed by atoms with Crippen LogP contribution < -0.4 is 14.8 Å². The van der Waals surface area contributed by atoms with E-state index in [0.717, 1.165) is 40.6 Å². The Hall–Kier alpha value is -1.91. The highest BCUT2D eigenvalue weighted by Gasteiger charge is 2.37. The van der Waals surface area contributed by atoms with Gasteiger partial charge < -0.3 is 14.8 Å². The molecular weight excluding hydrogens is 390 g/mol. The van der Waals surface area contributed by atoms with Gasteiger partial charge in [-0.15, -0.1) is 11.8 Å². The van der Waals surface area contributed by atoms with Crippen molar-refractivity contribution in [3.8, 4) is 22.6 Å². The second-order valence-electron chi connectivity index (χ2n) is 9.62. The van der Waals surface area contributed by atoms with E-state index in [0.29, 0.717) is 0 Å². The maximum Gasteiger partial charge on any atom is 0.137 e. The zero-order valence-electron chi connectivity index (χ0n) is 19.0. The Labute approximate surface area is 185 Å². The van der Waals surface area contributed by atoms with Crippen LogP contribution in [0.15, 0.2) is 35.2 Å². The lowest BCUT2D eigenvalue weighted by atomic mass is 9.63. The summed E-state index contributed by atoms with van der Waals surface area (Å²) in [5.41, 5.74) is 6.56. The third kappa shape index (κ3) is 3.76. The van der Waals surface area contributed by atoms with E-state index >= 15 is 0 Å². The molecule has 0 saturated carbocycles. The van der Waals surface area contributed by atoms with Crippen LogP contribution in [0.25, 0.3) is 17.2 Å². The van der Waals surface area contributed by atoms with Gasteiger partial charge in [-0.25, -0.2) is 0 Å². The van der Waals surface area contributed by atoms with Crippen molar-refractivity contribution in [2.24, 2.45) is 0 Å². The van der Waals surface area contributed by atoms with Gasteiger partial charge in [0.1, 0.15) is 11.5 Å². The molecule has 0 spiro atoms. The van der Waals surface area contributed by atoms with Crippen LogP contribution >= 0.6 is 11.8 Å². The summed E-state index contributed by atoms with van der Waals surface area (Å²) < 4.78 is 11.8. The third-order valence-corrected chi connectivity index (χ3v) is 7.67. The number of fused-ring (bicyclic) bond motifs is 1. The van der Waals surface area contributed by atoms with Crippen molar-refractivity contribution in [1.82, 2.24) is 5.32 Å². The van der Waals surface area contributed by atoms with Crippen LogP contribution in [-0.2, 0) is 10.8 Å². The van der Waals surface area contributed by atoms with Crippen molar-refractivity contribution in [2.45, 2.75) is 51.4 Å². The summed E-state index contributed by atoms with van der Waals surface area (Å²) in [7, 11) is 3.49. The number of methoxy groups -OCH3 is 2. The summed E-state index contributed by atoms with van der Waals surface area (Å²) in [6.07, 6.45) is 4.65. The molecule has 1 fully saturated rings. The highest BCUT2D eigenvalue weighted by Crippen LogP contribution is 2.49. The Morgan fingerprint density at radius 2 is 1.67 bits per heavy atom. The largest absolute Gasteiger partial charge is 0.496 e. The maximum atomic E-state index is 5.97. The number of nitrogens with one attached hydrogen (secondary N) is 1. The summed E-state index contributed by atoms with van der Waals surface area (Å²) in [6.45, 7) is 10.4. The van der Waals surface area contributed by atoms with E-state index in [1.165, 1.54) is 28.9 Å². The van der Waals surface area contributed by atoms with E-state index in [2.05, 4.69) is 69.4 Å². The normalized spacial score (nSPS) is 20.8. The number of rotatable bonds is 4. The molecule has 1 saturated heterocycles. The highest BCUT2D eigenvalue weighted by molar-refractivity contribution is 8.03. The van der Waals surface area contributed by atoms with Crippen LogP contribution in [0, 0.1) is 0 Å². The lowest BCUT2D eigenvalue weighted by Crippen LogP contribution is -2.33. The lowest BCUT2D eigenvalue weighted by Gasteiger charge is -2.42. The first-order valence-corrected chi connectivity index (χ1v) is 11.7. The predicted octanol–water partition coefficient (Wildman–Crippen LogP) is 6.35. The molecule has 2 aliphatic rings. The van der Waals surface area contributed by atoms with Gasteiger partial charge in [0.05, 0.1) is 19.8 Å². The molecule has 1 N–H and O–H groups in total. The smallest absolute Gasteiger partial charge is 0.137 e. The standard InChI is InChI=1S/C26H33NO2S/c1-25(2)11-12-26(3,4)21-14-17(7-9-20(21)25)23-22(28-5)10-8-18(24(23)29-6)13-19-15-27-16-30-19/h7-10,13-14,27H,11-12,15-16H2,1-6H3. The average Bonchev–Trinajstić information content (AvgIpc) is 3.24. The van der Waals surface area contributed by atoms with E-state index in [9.17, 15) is 0 Å². The first-order chi connectivity index (χ1) is 14.3. The van der Waals surface area contributed by atoms with E-state index in [1.54, 1.807) is 14.2 Å². The van der Waals surface area contributed by atoms with Crippen LogP contribution in [0.4, 0.5) is 0 Å². The molecular formula is C26H33NO2S. The molecule has 0 bridgehead atoms. The summed E-state index contributed by atoms with van der Waals surface area (Å²) in [5, 5.41) is 3.38. The van der Waals surface area contributed by atoms with Crippen molar-refractivity contribution < 1.29 is 9.47 Å². The molecule has 2 aromatic carbocycles. The molecule has 2 aromatic rings. The van der Waals surface area contributed by atoms with Gasteiger partial charge in [-0.3, -0.25) is 0 Å². The number of thioether (sulfide) groups is 1. The first kappa shape index (κ1) is 21.3. The quantitative estimate of drug-likeness (QED) is 0.620. The lowest BCUT2D eigenvalue weighted by molar-refractivity contribution is 0.332. The van der Waals surface area contributed by atoms with E-state index < -0.39 is 0 Å². The Bertz CT molecular complexity index is 983. The molecule has 1 aliphatic carbocycles. The van der Waals surface area contributed by atoms with Crippen molar-refractivity contribution in [1.29, 1.82) is 0 Å². The van der Waals surface area contributed by atoms with Crippen LogP contribution in [0.1, 0.15) is 57.2 Å². The Morgan fingerprint density at radius 1 is 0.933 bits per heavy atom. The molecule has 4 rings (SSSR count). The van der Waals surface area contributed by atoms with Crippen molar-refractivity contribution >= 4 is 17.8 Å². The fourth-order valence-corrected chi connectivity index (χ4v) is 5.54. The molecule has 0 aromatic heterocycles. The Kier molecular flexibility index (Phi) is 5.67. The van der Waals surface area contributed by atoms with Crippen LogP contribution in [0.3, 0.4) is 0 Å². The number of benzene rings is 2. The molecule has 30 heavy (non-hydrogen) atoms. The average molecular weight is 424 g/mol. The zero-order valence-corrected chi connectivity index (χ0v) is 19.8. The van der Waals surface area contributed by atoms with Crippen molar-refractivity contribution in [3.63, 3.8) is 0 Å². The summed E-state index contributed by atoms with van der Waals surface area (Å²) >= 11 is 1.85. The second-order valence-corrected chi connectivity index (χ2v) is 10.7. The number of hydrogen-bond acceptors (Lipinski definition) is 4. The molecule has 160 valence electrons. The first-order valence-electron chi connectivity index (χ1n) is 10.7. The molecule has 1 heterocycles. The maximum absolute atomic E-state index is 5.97. The summed E-state index contributed by atoms with van der Waals surface area (Å²) in [6, 6.07) is 11.1. The van der Waals surface area contributed by atoms with Crippen LogP contribution in [0.2, 0.25) is 0 Å². The van der Waals surface area contributed by atoms with Crippen molar-refractivity contribution in [3.05, 3.63) is 51.9 Å². The topological polar surface area (TPSA) is 30.5 Å². The van der Waals surface area contributed by atoms with Crippen LogP contribution in [-0.4, -0.2) is 26.6 Å². The summed E-state index contributed by atoms with van der Waals surface area (Å²) in [4.78, 5) is 1.33. The fourth-order valence-electron chi connectivity index (χ4n) is 4.74. The van der Waals surface area contributed by atoms with Gasteiger partial charge in [-0.1, -0.05) is 45.9 Å². The minimum Gasteiger partial charge on any atom is -0.496 e. The SMILES string of the molecule is COc1ccc(C=C2CNCS2)c(OC)c1-c1ccc2c(c1)C(C)(C)CCC2(C)C. The molecule has 3 nitrogen and oxygen atoms in total. The minimum absolute atomic E-state index is 0.160. The van der Waals surface area contributed by atoms with Crippen LogP contribution in [0.5, 0.6) is 11.5 Å². The van der Waals surface area contributed by atoms with Gasteiger partial charge in [-0.05, 0) is 58.6 Å². The Morgan fingerprint density at radius 3 is 2.30 bits per heavy atom. The fraction of sp³-hybridized carbons (Fsp3) is 0.462. The number of hydrogen-bond donors (Lipinski definition) is 1. The zero-order chi connectivity index (χ0) is 21.5. The van der Waals surface area contributed by atoms with E-state index in [-0.39, 0.29) is 10.8 Å². The molecule has 0 atom stereocenters. The summed E-state index contributed by atoms with van der Waals surface area (Å²) in [5.74, 6) is 2.69. The third-order valence-electron chi connectivity index (χ3n) is 6.69. The number of ether oxygens (including phenoxy) is 2. The van der Waals surface area contributed by atoms with Gasteiger partial charge in [0, 0.05) is 22.9 Å². The molecule has 0 radical (unpaired) electrons. The van der Waals surface area contributed by atoms with Gasteiger partial charge >= 0.3 is 0 Å². The molecule has 4 heteroatoms. The van der Waals surface area contributed by atoms with Gasteiger partial charge in [0.25, 0.3) is 0 Å². The van der Waals surface area contributed by atoms with Crippen molar-refractivity contribution in [2.75, 3.05) is 26.6 Å². The monoisotopic (exact) mass is 423 g/mol. The van der Waals surface area contributed by atoms with E-state index in [1.807, 2.05) is 11.8 Å². The van der Waals surface area contributed by atoms with Gasteiger partial charge in [0.2, 0.25) is 0 Å².